The van der Waals surface area contributed by atoms with Gasteiger partial charge in [0.05, 0.1) is 17.1 Å². The average Bonchev–Trinajstić information content (AvgIpc) is 3.86. The van der Waals surface area contributed by atoms with Crippen LogP contribution in [0.3, 0.4) is 0 Å². The van der Waals surface area contributed by atoms with Gasteiger partial charge in [-0.15, -0.1) is 0 Å². The van der Waals surface area contributed by atoms with Crippen LogP contribution in [0.1, 0.15) is 35.6 Å². The Morgan fingerprint density at radius 3 is 1.87 bits per heavy atom. The van der Waals surface area contributed by atoms with Gasteiger partial charge in [-0.25, -0.2) is 0 Å². The molecule has 11 rings (SSSR count). The number of hydrogen-bond acceptors (Lipinski definition) is 5. The number of hydrogen-bond donors (Lipinski definition) is 1. The molecule has 0 bridgehead atoms. The highest BCUT2D eigenvalue weighted by Gasteiger charge is 2.25. The summed E-state index contributed by atoms with van der Waals surface area (Å²) in [5.74, 6) is 0.504. The summed E-state index contributed by atoms with van der Waals surface area (Å²) in [6.45, 7) is 8.48. The second-order valence-electron chi connectivity index (χ2n) is 16.4. The smallest absolute Gasteiger partial charge is 0.159 e. The maximum atomic E-state index is 11.2. The summed E-state index contributed by atoms with van der Waals surface area (Å²) < 4.78 is 13.8. The molecule has 5 nitrogen and oxygen atoms in total. The van der Waals surface area contributed by atoms with E-state index in [9.17, 15) is 5.11 Å². The summed E-state index contributed by atoms with van der Waals surface area (Å²) in [6, 6.07) is 55.7. The van der Waals surface area contributed by atoms with Crippen LogP contribution in [0.15, 0.2) is 184 Å². The summed E-state index contributed by atoms with van der Waals surface area (Å²) in [5.41, 5.74) is 14.7. The first-order chi connectivity index (χ1) is 29.8. The summed E-state index contributed by atoms with van der Waals surface area (Å²) in [6.07, 6.45) is 5.03. The van der Waals surface area contributed by atoms with Crippen molar-refractivity contribution in [2.75, 3.05) is 9.80 Å². The first-order valence-electron chi connectivity index (χ1n) is 21.0. The number of aliphatic hydroxyl groups is 1. The number of benzene rings is 8. The van der Waals surface area contributed by atoms with E-state index in [4.69, 9.17) is 8.83 Å². The van der Waals surface area contributed by atoms with Gasteiger partial charge < -0.3 is 23.7 Å². The number of furan rings is 2. The van der Waals surface area contributed by atoms with Crippen molar-refractivity contribution in [2.24, 2.45) is 5.92 Å². The molecule has 5 heteroatoms. The zero-order chi connectivity index (χ0) is 41.4. The molecule has 1 atom stereocenters. The first-order valence-corrected chi connectivity index (χ1v) is 21.0. The number of nitrogens with zero attached hydrogens (tertiary/aromatic N) is 2. The van der Waals surface area contributed by atoms with Gasteiger partial charge in [0.15, 0.2) is 5.58 Å². The summed E-state index contributed by atoms with van der Waals surface area (Å²) in [4.78, 5) is 4.64. The van der Waals surface area contributed by atoms with Crippen LogP contribution in [-0.2, 0) is 0 Å². The lowest BCUT2D eigenvalue weighted by molar-refractivity contribution is 0.343. The molecule has 10 aromatic rings. The van der Waals surface area contributed by atoms with E-state index in [1.54, 1.807) is 0 Å². The van der Waals surface area contributed by atoms with E-state index >= 15 is 0 Å². The fourth-order valence-electron chi connectivity index (χ4n) is 9.41. The lowest BCUT2D eigenvalue weighted by Gasteiger charge is -2.29. The Bertz CT molecular complexity index is 3440. The normalized spacial score (nSPS) is 14.3. The fourth-order valence-corrected chi connectivity index (χ4v) is 9.41. The highest BCUT2D eigenvalue weighted by Crippen LogP contribution is 2.48. The molecule has 8 aromatic carbocycles. The van der Waals surface area contributed by atoms with Gasteiger partial charge in [0, 0.05) is 67.6 Å². The molecular formula is C56H44N2O3. The molecule has 296 valence electrons. The third-order valence-electron chi connectivity index (χ3n) is 12.5. The van der Waals surface area contributed by atoms with E-state index in [0.29, 0.717) is 5.76 Å². The Morgan fingerprint density at radius 2 is 1.10 bits per heavy atom. The maximum Gasteiger partial charge on any atom is 0.159 e. The van der Waals surface area contributed by atoms with Crippen molar-refractivity contribution in [2.45, 2.75) is 34.1 Å². The van der Waals surface area contributed by atoms with E-state index in [2.05, 4.69) is 207 Å². The van der Waals surface area contributed by atoms with E-state index < -0.39 is 0 Å². The topological polar surface area (TPSA) is 53.0 Å². The molecular weight excluding hydrogens is 749 g/mol. The lowest BCUT2D eigenvalue weighted by Crippen LogP contribution is -2.12. The van der Waals surface area contributed by atoms with E-state index in [-0.39, 0.29) is 5.92 Å². The number of fused-ring (bicyclic) bond motifs is 8. The van der Waals surface area contributed by atoms with Gasteiger partial charge in [0.1, 0.15) is 22.5 Å². The van der Waals surface area contributed by atoms with Crippen LogP contribution in [-0.4, -0.2) is 5.11 Å². The minimum atomic E-state index is 0.0723. The molecule has 0 saturated heterocycles. The number of anilines is 6. The van der Waals surface area contributed by atoms with Gasteiger partial charge in [0.2, 0.25) is 0 Å². The van der Waals surface area contributed by atoms with Crippen LogP contribution in [0.2, 0.25) is 0 Å². The van der Waals surface area contributed by atoms with Crippen molar-refractivity contribution in [3.63, 3.8) is 0 Å². The molecule has 0 aliphatic heterocycles. The lowest BCUT2D eigenvalue weighted by atomic mass is 9.91. The molecule has 2 heterocycles. The van der Waals surface area contributed by atoms with Gasteiger partial charge in [-0.05, 0) is 97.3 Å². The van der Waals surface area contributed by atoms with Crippen LogP contribution in [0, 0.1) is 26.7 Å². The van der Waals surface area contributed by atoms with Crippen molar-refractivity contribution in [3.8, 4) is 0 Å². The van der Waals surface area contributed by atoms with Gasteiger partial charge in [0.25, 0.3) is 0 Å². The van der Waals surface area contributed by atoms with Gasteiger partial charge >= 0.3 is 0 Å². The van der Waals surface area contributed by atoms with Crippen LogP contribution in [0.4, 0.5) is 34.1 Å². The van der Waals surface area contributed by atoms with Crippen LogP contribution >= 0.6 is 0 Å². The average molecular weight is 793 g/mol. The molecule has 0 spiro atoms. The number of allylic oxidation sites excluding steroid dienone is 4. The minimum absolute atomic E-state index is 0.0723. The molecule has 0 amide bonds. The monoisotopic (exact) mass is 792 g/mol. The summed E-state index contributed by atoms with van der Waals surface area (Å²) >= 11 is 0. The van der Waals surface area contributed by atoms with Crippen molar-refractivity contribution in [1.82, 2.24) is 0 Å². The highest BCUT2D eigenvalue weighted by atomic mass is 16.3. The number of para-hydroxylation sites is 4. The van der Waals surface area contributed by atoms with Crippen LogP contribution < -0.4 is 9.80 Å². The minimum Gasteiger partial charge on any atom is -0.511 e. The quantitative estimate of drug-likeness (QED) is 0.174. The molecule has 0 saturated carbocycles. The van der Waals surface area contributed by atoms with E-state index in [1.807, 2.05) is 0 Å². The van der Waals surface area contributed by atoms with Crippen molar-refractivity contribution in [3.05, 3.63) is 198 Å². The van der Waals surface area contributed by atoms with Gasteiger partial charge in [-0.2, -0.15) is 0 Å². The van der Waals surface area contributed by atoms with Crippen LogP contribution in [0.25, 0.3) is 60.2 Å². The van der Waals surface area contributed by atoms with Crippen molar-refractivity contribution >= 4 is 94.3 Å². The molecule has 0 radical (unpaired) electrons. The number of aliphatic hydroxyl groups excluding tert-OH is 1. The van der Waals surface area contributed by atoms with Crippen LogP contribution in [0.5, 0.6) is 0 Å². The Kier molecular flexibility index (Phi) is 8.60. The zero-order valence-electron chi connectivity index (χ0n) is 34.6. The van der Waals surface area contributed by atoms with E-state index in [1.165, 1.54) is 0 Å². The number of rotatable bonds is 7. The van der Waals surface area contributed by atoms with Crippen molar-refractivity contribution < 1.29 is 13.9 Å². The van der Waals surface area contributed by atoms with Gasteiger partial charge in [-0.3, -0.25) is 0 Å². The van der Waals surface area contributed by atoms with Gasteiger partial charge in [-0.1, -0.05) is 122 Å². The SMILES string of the molecule is Cc1ccccc1N(c1cccc(C2=C(O)C(C)CC=C2)c1)c1cc2oc3cc(N(c4ccccc4C)c4cccc5c4oc4c(C)cccc45)ccc3c2c2ccccc12. The third-order valence-corrected chi connectivity index (χ3v) is 12.5. The highest BCUT2D eigenvalue weighted by molar-refractivity contribution is 6.23. The first kappa shape index (κ1) is 36.6. The Hall–Kier alpha value is -7.50. The standard InChI is InChI=1S/C56H44N2O3/c1-34-15-5-9-26-47(34)57(49-28-14-25-45-44-24-12-18-37(4)55(44)61-56(45)49)40-29-30-46-51(32-40)60-52-33-50(42-21-7-8-22-43(42)53(46)52)58(48-27-10-6-16-35(48)2)39-20-13-19-38(31-39)41-23-11-17-36(3)54(41)59/h5-16,18-33,36,59H,17H2,1-4H3. The van der Waals surface area contributed by atoms with E-state index in [0.717, 1.165) is 123 Å². The molecule has 1 unspecified atom stereocenters. The third kappa shape index (κ3) is 5.91. The number of aryl methyl sites for hydroxylation is 3. The molecule has 61 heavy (non-hydrogen) atoms. The molecule has 2 aromatic heterocycles. The second-order valence-corrected chi connectivity index (χ2v) is 16.4. The maximum absolute atomic E-state index is 11.2. The Morgan fingerprint density at radius 1 is 0.492 bits per heavy atom. The summed E-state index contributed by atoms with van der Waals surface area (Å²) in [7, 11) is 0. The predicted octanol–water partition coefficient (Wildman–Crippen LogP) is 16.4. The zero-order valence-corrected chi connectivity index (χ0v) is 34.6. The molecule has 1 N–H and O–H groups in total. The Balaban J connectivity index is 1.13. The second kappa shape index (κ2) is 14.4. The largest absolute Gasteiger partial charge is 0.511 e. The molecule has 1 aliphatic carbocycles. The fraction of sp³-hybridized carbons (Fsp3) is 0.107. The summed E-state index contributed by atoms with van der Waals surface area (Å²) in [5, 5.41) is 17.7. The van der Waals surface area contributed by atoms with Crippen molar-refractivity contribution in [1.29, 1.82) is 0 Å². The predicted molar refractivity (Wildman–Crippen MR) is 255 cm³/mol. The molecule has 1 aliphatic rings. The Labute approximate surface area is 354 Å². The molecule has 0 fully saturated rings.